The predicted molar refractivity (Wildman–Crippen MR) is 78.1 cm³/mol. The van der Waals surface area contributed by atoms with Crippen LogP contribution < -0.4 is 5.56 Å². The van der Waals surface area contributed by atoms with E-state index in [1.165, 1.54) is 10.6 Å². The number of carbonyl (C=O) groups is 1. The first-order valence-corrected chi connectivity index (χ1v) is 6.41. The molecular formula is C16H14N2O2. The van der Waals surface area contributed by atoms with Crippen molar-refractivity contribution in [3.05, 3.63) is 70.3 Å². The number of fused-ring (bicyclic) bond motifs is 1. The maximum Gasteiger partial charge on any atom is 0.250 e. The summed E-state index contributed by atoms with van der Waals surface area (Å²) in [6.45, 7) is 1.95. The van der Waals surface area contributed by atoms with Crippen molar-refractivity contribution in [1.82, 2.24) is 9.55 Å². The molecule has 0 radical (unpaired) electrons. The third-order valence-electron chi connectivity index (χ3n) is 3.33. The molecule has 1 N–H and O–H groups in total. The Morgan fingerprint density at radius 3 is 2.85 bits per heavy atom. The van der Waals surface area contributed by atoms with Crippen molar-refractivity contribution in [3.63, 3.8) is 0 Å². The molecular weight excluding hydrogens is 252 g/mol. The van der Waals surface area contributed by atoms with Crippen LogP contribution in [0.2, 0.25) is 0 Å². The molecule has 3 rings (SSSR count). The Balaban J connectivity index is 1.97. The number of carbonyl (C=O) groups excluding carboxylic acids is 1. The maximum absolute atomic E-state index is 12.4. The minimum atomic E-state index is -0.163. The average molecular weight is 266 g/mol. The number of hydrogen-bond acceptors (Lipinski definition) is 2. The molecule has 0 amide bonds. The second kappa shape index (κ2) is 4.81. The lowest BCUT2D eigenvalue weighted by molar-refractivity contribution is 0.0972. The van der Waals surface area contributed by atoms with E-state index in [1.54, 1.807) is 18.5 Å². The summed E-state index contributed by atoms with van der Waals surface area (Å²) in [5.41, 5.74) is 2.33. The van der Waals surface area contributed by atoms with Gasteiger partial charge in [-0.05, 0) is 18.6 Å². The molecule has 4 heteroatoms. The SMILES string of the molecule is Cc1ccc(=O)n(CC(=O)c2c[nH]c3ccccc23)c1. The van der Waals surface area contributed by atoms with Gasteiger partial charge in [0.1, 0.15) is 0 Å². The summed E-state index contributed by atoms with van der Waals surface area (Å²) >= 11 is 0. The molecule has 0 saturated carbocycles. The van der Waals surface area contributed by atoms with Crippen LogP contribution in [0.5, 0.6) is 0 Å². The van der Waals surface area contributed by atoms with Gasteiger partial charge in [0.25, 0.3) is 5.56 Å². The van der Waals surface area contributed by atoms with E-state index in [0.29, 0.717) is 5.56 Å². The number of para-hydroxylation sites is 1. The Kier molecular flexibility index (Phi) is 2.99. The van der Waals surface area contributed by atoms with Gasteiger partial charge in [0.2, 0.25) is 0 Å². The van der Waals surface area contributed by atoms with Crippen molar-refractivity contribution >= 4 is 16.7 Å². The molecule has 0 aliphatic carbocycles. The molecule has 2 heterocycles. The van der Waals surface area contributed by atoms with Crippen LogP contribution in [0.1, 0.15) is 15.9 Å². The second-order valence-corrected chi connectivity index (χ2v) is 4.84. The van der Waals surface area contributed by atoms with Gasteiger partial charge in [-0.2, -0.15) is 0 Å². The van der Waals surface area contributed by atoms with E-state index in [0.717, 1.165) is 16.5 Å². The Morgan fingerprint density at radius 2 is 2.00 bits per heavy atom. The standard InChI is InChI=1S/C16H14N2O2/c1-11-6-7-16(20)18(9-11)10-15(19)13-8-17-14-5-3-2-4-12(13)14/h2-9,17H,10H2,1H3. The van der Waals surface area contributed by atoms with Crippen LogP contribution in [-0.4, -0.2) is 15.3 Å². The number of H-pyrrole nitrogens is 1. The van der Waals surface area contributed by atoms with Crippen molar-refractivity contribution in [2.24, 2.45) is 0 Å². The highest BCUT2D eigenvalue weighted by molar-refractivity contribution is 6.07. The summed E-state index contributed by atoms with van der Waals surface area (Å²) in [6.07, 6.45) is 3.41. The van der Waals surface area contributed by atoms with E-state index in [2.05, 4.69) is 4.98 Å². The average Bonchev–Trinajstić information content (AvgIpc) is 2.87. The number of hydrogen-bond donors (Lipinski definition) is 1. The van der Waals surface area contributed by atoms with Gasteiger partial charge in [-0.25, -0.2) is 0 Å². The second-order valence-electron chi connectivity index (χ2n) is 4.84. The van der Waals surface area contributed by atoms with E-state index in [4.69, 9.17) is 0 Å². The summed E-state index contributed by atoms with van der Waals surface area (Å²) in [6, 6.07) is 10.9. The Hall–Kier alpha value is -2.62. The Morgan fingerprint density at radius 1 is 1.20 bits per heavy atom. The lowest BCUT2D eigenvalue weighted by Gasteiger charge is -2.05. The monoisotopic (exact) mass is 266 g/mol. The molecule has 0 unspecified atom stereocenters. The highest BCUT2D eigenvalue weighted by Gasteiger charge is 2.12. The van der Waals surface area contributed by atoms with Gasteiger partial charge in [0.05, 0.1) is 6.54 Å². The minimum Gasteiger partial charge on any atom is -0.360 e. The first-order valence-electron chi connectivity index (χ1n) is 6.41. The number of nitrogens with zero attached hydrogens (tertiary/aromatic N) is 1. The van der Waals surface area contributed by atoms with Gasteiger partial charge in [-0.15, -0.1) is 0 Å². The summed E-state index contributed by atoms with van der Waals surface area (Å²) < 4.78 is 1.44. The predicted octanol–water partition coefficient (Wildman–Crippen LogP) is 2.52. The van der Waals surface area contributed by atoms with Gasteiger partial charge in [0.15, 0.2) is 5.78 Å². The highest BCUT2D eigenvalue weighted by atomic mass is 16.1. The molecule has 0 saturated heterocycles. The first-order chi connectivity index (χ1) is 9.65. The van der Waals surface area contributed by atoms with Gasteiger partial charge >= 0.3 is 0 Å². The third-order valence-corrected chi connectivity index (χ3v) is 3.33. The minimum absolute atomic E-state index is 0.0579. The van der Waals surface area contributed by atoms with Crippen LogP contribution >= 0.6 is 0 Å². The van der Waals surface area contributed by atoms with Crippen molar-refractivity contribution < 1.29 is 4.79 Å². The van der Waals surface area contributed by atoms with Crippen LogP contribution in [0.15, 0.2) is 53.6 Å². The highest BCUT2D eigenvalue weighted by Crippen LogP contribution is 2.18. The molecule has 0 fully saturated rings. The molecule has 0 aliphatic rings. The first kappa shape index (κ1) is 12.4. The molecule has 4 nitrogen and oxygen atoms in total. The van der Waals surface area contributed by atoms with Crippen LogP contribution in [0.4, 0.5) is 0 Å². The third kappa shape index (κ3) is 2.16. The normalized spacial score (nSPS) is 10.8. The van der Waals surface area contributed by atoms with E-state index >= 15 is 0 Å². The van der Waals surface area contributed by atoms with E-state index in [1.807, 2.05) is 31.2 Å². The van der Waals surface area contributed by atoms with Crippen molar-refractivity contribution in [2.75, 3.05) is 0 Å². The van der Waals surface area contributed by atoms with Crippen LogP contribution in [0.3, 0.4) is 0 Å². The molecule has 20 heavy (non-hydrogen) atoms. The van der Waals surface area contributed by atoms with Crippen molar-refractivity contribution in [1.29, 1.82) is 0 Å². The number of Topliss-reactive ketones (excluding diaryl/α,β-unsaturated/α-hetero) is 1. The lowest BCUT2D eigenvalue weighted by Crippen LogP contribution is -2.23. The Bertz CT molecular complexity index is 843. The van der Waals surface area contributed by atoms with Gasteiger partial charge in [-0.1, -0.05) is 24.3 Å². The fourth-order valence-electron chi connectivity index (χ4n) is 2.32. The zero-order valence-corrected chi connectivity index (χ0v) is 11.1. The number of aromatic nitrogens is 2. The molecule has 1 aromatic carbocycles. The van der Waals surface area contributed by atoms with Crippen LogP contribution in [0.25, 0.3) is 10.9 Å². The number of nitrogens with one attached hydrogen (secondary N) is 1. The van der Waals surface area contributed by atoms with E-state index < -0.39 is 0 Å². The molecule has 0 aliphatic heterocycles. The molecule has 0 atom stereocenters. The molecule has 2 aromatic heterocycles. The summed E-state index contributed by atoms with van der Waals surface area (Å²) in [4.78, 5) is 27.2. The van der Waals surface area contributed by atoms with Gasteiger partial charge in [-0.3, -0.25) is 9.59 Å². The smallest absolute Gasteiger partial charge is 0.250 e. The van der Waals surface area contributed by atoms with Crippen molar-refractivity contribution in [2.45, 2.75) is 13.5 Å². The number of benzene rings is 1. The van der Waals surface area contributed by atoms with Crippen LogP contribution in [-0.2, 0) is 6.54 Å². The van der Waals surface area contributed by atoms with Gasteiger partial charge < -0.3 is 9.55 Å². The summed E-state index contributed by atoms with van der Waals surface area (Å²) in [5, 5.41) is 0.887. The molecule has 0 bridgehead atoms. The summed E-state index contributed by atoms with van der Waals surface area (Å²) in [5.74, 6) is -0.0739. The quantitative estimate of drug-likeness (QED) is 0.741. The van der Waals surface area contributed by atoms with E-state index in [9.17, 15) is 9.59 Å². The molecule has 0 spiro atoms. The number of aryl methyl sites for hydroxylation is 1. The fraction of sp³-hybridized carbons (Fsp3) is 0.125. The van der Waals surface area contributed by atoms with E-state index in [-0.39, 0.29) is 17.9 Å². The fourth-order valence-corrected chi connectivity index (χ4v) is 2.32. The molecule has 100 valence electrons. The lowest BCUT2D eigenvalue weighted by atomic mass is 10.1. The zero-order valence-electron chi connectivity index (χ0n) is 11.1. The number of pyridine rings is 1. The van der Waals surface area contributed by atoms with Gasteiger partial charge in [0, 0.05) is 34.9 Å². The largest absolute Gasteiger partial charge is 0.360 e. The summed E-state index contributed by atoms with van der Waals surface area (Å²) in [7, 11) is 0. The number of rotatable bonds is 3. The maximum atomic E-state index is 12.4. The number of aromatic amines is 1. The number of ketones is 1. The zero-order chi connectivity index (χ0) is 14.1. The topological polar surface area (TPSA) is 54.9 Å². The van der Waals surface area contributed by atoms with Crippen LogP contribution in [0, 0.1) is 6.92 Å². The Labute approximate surface area is 115 Å². The molecule has 3 aromatic rings. The van der Waals surface area contributed by atoms with Crippen molar-refractivity contribution in [3.8, 4) is 0 Å².